The Hall–Kier alpha value is -3.14. The number of unbranched alkanes of at least 4 members (excludes halogenated alkanes) is 1. The number of amides is 1. The fraction of sp³-hybridized carbons (Fsp3) is 0.250. The first kappa shape index (κ1) is 21.2. The number of Topliss-reactive ketones (excluding diaryl/α,β-unsaturated/α-hetero) is 1. The van der Waals surface area contributed by atoms with Crippen LogP contribution in [0.2, 0.25) is 0 Å². The Morgan fingerprint density at radius 3 is 2.36 bits per heavy atom. The summed E-state index contributed by atoms with van der Waals surface area (Å²) in [6.07, 6.45) is 6.84. The molecule has 4 nitrogen and oxygen atoms in total. The molecule has 2 aromatic rings. The van der Waals surface area contributed by atoms with E-state index in [0.717, 1.165) is 29.5 Å². The zero-order valence-electron chi connectivity index (χ0n) is 16.7. The van der Waals surface area contributed by atoms with Gasteiger partial charge in [0.25, 0.3) is 0 Å². The summed E-state index contributed by atoms with van der Waals surface area (Å²) < 4.78 is 0. The average molecular weight is 377 g/mol. The molecule has 2 N–H and O–H groups in total. The largest absolute Gasteiger partial charge is 0.508 e. The van der Waals surface area contributed by atoms with Crippen molar-refractivity contribution >= 4 is 23.8 Å². The molecule has 0 saturated carbocycles. The van der Waals surface area contributed by atoms with Crippen molar-refractivity contribution < 1.29 is 14.7 Å². The van der Waals surface area contributed by atoms with Gasteiger partial charge >= 0.3 is 0 Å². The zero-order valence-corrected chi connectivity index (χ0v) is 16.7. The lowest BCUT2D eigenvalue weighted by Gasteiger charge is -2.08. The van der Waals surface area contributed by atoms with Gasteiger partial charge in [-0.25, -0.2) is 0 Å². The van der Waals surface area contributed by atoms with Crippen molar-refractivity contribution in [3.05, 3.63) is 76.5 Å². The number of aromatic hydroxyl groups is 1. The van der Waals surface area contributed by atoms with Gasteiger partial charge in [0.2, 0.25) is 5.91 Å². The van der Waals surface area contributed by atoms with Crippen molar-refractivity contribution in [2.75, 3.05) is 0 Å². The minimum atomic E-state index is -0.354. The Labute approximate surface area is 166 Å². The highest BCUT2D eigenvalue weighted by Gasteiger charge is 2.12. The van der Waals surface area contributed by atoms with Gasteiger partial charge in [0.15, 0.2) is 5.78 Å². The first-order valence-corrected chi connectivity index (χ1v) is 9.49. The first-order valence-electron chi connectivity index (χ1n) is 9.49. The minimum absolute atomic E-state index is 0.107. The van der Waals surface area contributed by atoms with E-state index in [1.807, 2.05) is 38.1 Å². The van der Waals surface area contributed by atoms with Gasteiger partial charge in [-0.15, -0.1) is 0 Å². The quantitative estimate of drug-likeness (QED) is 0.641. The third-order valence-corrected chi connectivity index (χ3v) is 4.35. The zero-order chi connectivity index (χ0) is 20.5. The van der Waals surface area contributed by atoms with Gasteiger partial charge in [-0.3, -0.25) is 9.59 Å². The first-order chi connectivity index (χ1) is 13.4. The van der Waals surface area contributed by atoms with Crippen LogP contribution in [0.25, 0.3) is 12.2 Å². The molecule has 146 valence electrons. The number of allylic oxidation sites excluding steroid dienone is 1. The molecule has 0 heterocycles. The summed E-state index contributed by atoms with van der Waals surface area (Å²) >= 11 is 0. The van der Waals surface area contributed by atoms with Crippen LogP contribution in [0.1, 0.15) is 48.4 Å². The number of benzene rings is 2. The molecule has 4 heteroatoms. The topological polar surface area (TPSA) is 66.4 Å². The Morgan fingerprint density at radius 1 is 1.04 bits per heavy atom. The molecular formula is C24H27NO3. The number of hydrogen-bond acceptors (Lipinski definition) is 3. The van der Waals surface area contributed by atoms with E-state index < -0.39 is 0 Å². The highest BCUT2D eigenvalue weighted by Crippen LogP contribution is 2.19. The molecule has 0 fully saturated rings. The Kier molecular flexibility index (Phi) is 7.76. The summed E-state index contributed by atoms with van der Waals surface area (Å²) in [6.45, 7) is 5.81. The van der Waals surface area contributed by atoms with Crippen LogP contribution in [0.3, 0.4) is 0 Å². The Morgan fingerprint density at radius 2 is 1.71 bits per heavy atom. The third-order valence-electron chi connectivity index (χ3n) is 4.35. The summed E-state index contributed by atoms with van der Waals surface area (Å²) in [5.74, 6) is -0.266. The highest BCUT2D eigenvalue weighted by molar-refractivity contribution is 6.05. The van der Waals surface area contributed by atoms with Gasteiger partial charge in [0.1, 0.15) is 5.75 Å². The van der Waals surface area contributed by atoms with E-state index in [1.54, 1.807) is 37.3 Å². The van der Waals surface area contributed by atoms with Gasteiger partial charge in [0.05, 0.1) is 5.70 Å². The molecule has 0 spiro atoms. The van der Waals surface area contributed by atoms with Crippen molar-refractivity contribution in [2.24, 2.45) is 0 Å². The molecule has 2 aromatic carbocycles. The number of aryl methyl sites for hydroxylation is 2. The van der Waals surface area contributed by atoms with E-state index in [-0.39, 0.29) is 23.1 Å². The number of hydrogen-bond donors (Lipinski definition) is 2. The summed E-state index contributed by atoms with van der Waals surface area (Å²) in [4.78, 5) is 24.9. The predicted octanol–water partition coefficient (Wildman–Crippen LogP) is 4.94. The second-order valence-corrected chi connectivity index (χ2v) is 6.86. The number of ketones is 1. The van der Waals surface area contributed by atoms with Crippen LogP contribution < -0.4 is 5.32 Å². The van der Waals surface area contributed by atoms with Crippen molar-refractivity contribution in [3.63, 3.8) is 0 Å². The number of carbonyl (C=O) groups is 2. The van der Waals surface area contributed by atoms with Crippen molar-refractivity contribution in [1.29, 1.82) is 0 Å². The maximum Gasteiger partial charge on any atom is 0.248 e. The standard InChI is InChI=1S/C24H27NO3/c1-4-5-6-23(27)21(16-20-11-13-22(26)18(3)15-20)25-24(28)14-12-19-9-7-17(2)8-10-19/h7-16,26H,4-6H2,1-3H3,(H,25,28)/b14-12+,21-16-. The van der Waals surface area contributed by atoms with Gasteiger partial charge < -0.3 is 10.4 Å². The van der Waals surface area contributed by atoms with Crippen LogP contribution in [0, 0.1) is 13.8 Å². The van der Waals surface area contributed by atoms with E-state index >= 15 is 0 Å². The number of nitrogens with one attached hydrogen (secondary N) is 1. The average Bonchev–Trinajstić information content (AvgIpc) is 2.68. The third kappa shape index (κ3) is 6.54. The number of phenolic OH excluding ortho intramolecular Hbond substituents is 1. The van der Waals surface area contributed by atoms with Crippen LogP contribution in [0.15, 0.2) is 54.2 Å². The van der Waals surface area contributed by atoms with Crippen molar-refractivity contribution in [1.82, 2.24) is 5.32 Å². The molecule has 0 unspecified atom stereocenters. The highest BCUT2D eigenvalue weighted by atomic mass is 16.3. The molecule has 0 atom stereocenters. The molecule has 0 saturated heterocycles. The van der Waals surface area contributed by atoms with Crippen LogP contribution in [-0.2, 0) is 9.59 Å². The van der Waals surface area contributed by atoms with E-state index in [4.69, 9.17) is 0 Å². The van der Waals surface area contributed by atoms with E-state index in [2.05, 4.69) is 5.32 Å². The molecular weight excluding hydrogens is 350 g/mol. The summed E-state index contributed by atoms with van der Waals surface area (Å²) in [6, 6.07) is 12.9. The molecule has 28 heavy (non-hydrogen) atoms. The summed E-state index contributed by atoms with van der Waals surface area (Å²) in [7, 11) is 0. The Bertz CT molecular complexity index is 893. The summed E-state index contributed by atoms with van der Waals surface area (Å²) in [5.41, 5.74) is 3.78. The van der Waals surface area contributed by atoms with Crippen molar-refractivity contribution in [3.8, 4) is 5.75 Å². The second-order valence-electron chi connectivity index (χ2n) is 6.86. The van der Waals surface area contributed by atoms with E-state index in [0.29, 0.717) is 12.0 Å². The van der Waals surface area contributed by atoms with Gasteiger partial charge in [0, 0.05) is 12.5 Å². The second kappa shape index (κ2) is 10.3. The molecule has 0 aliphatic heterocycles. The van der Waals surface area contributed by atoms with Crippen LogP contribution >= 0.6 is 0 Å². The molecule has 0 aliphatic carbocycles. The number of rotatable bonds is 8. The normalized spacial score (nSPS) is 11.6. The van der Waals surface area contributed by atoms with Crippen molar-refractivity contribution in [2.45, 2.75) is 40.0 Å². The molecule has 0 bridgehead atoms. The predicted molar refractivity (Wildman–Crippen MR) is 114 cm³/mol. The maximum absolute atomic E-state index is 12.5. The molecule has 2 rings (SSSR count). The molecule has 0 radical (unpaired) electrons. The van der Waals surface area contributed by atoms with E-state index in [1.165, 1.54) is 6.08 Å². The fourth-order valence-corrected chi connectivity index (χ4v) is 2.62. The van der Waals surface area contributed by atoms with Gasteiger partial charge in [-0.05, 0) is 61.2 Å². The summed E-state index contributed by atoms with van der Waals surface area (Å²) in [5, 5.41) is 12.4. The SMILES string of the molecule is CCCCC(=O)/C(=C/c1ccc(O)c(C)c1)NC(=O)/C=C/c1ccc(C)cc1. The smallest absolute Gasteiger partial charge is 0.248 e. The van der Waals surface area contributed by atoms with Gasteiger partial charge in [-0.1, -0.05) is 49.2 Å². The molecule has 1 amide bonds. The lowest BCUT2D eigenvalue weighted by molar-refractivity contribution is -0.120. The van der Waals surface area contributed by atoms with Gasteiger partial charge in [-0.2, -0.15) is 0 Å². The maximum atomic E-state index is 12.5. The van der Waals surface area contributed by atoms with Crippen LogP contribution in [0.4, 0.5) is 0 Å². The number of carbonyl (C=O) groups excluding carboxylic acids is 2. The van der Waals surface area contributed by atoms with Crippen LogP contribution in [0.5, 0.6) is 5.75 Å². The van der Waals surface area contributed by atoms with Crippen LogP contribution in [-0.4, -0.2) is 16.8 Å². The fourth-order valence-electron chi connectivity index (χ4n) is 2.62. The lowest BCUT2D eigenvalue weighted by atomic mass is 10.1. The van der Waals surface area contributed by atoms with E-state index in [9.17, 15) is 14.7 Å². The minimum Gasteiger partial charge on any atom is -0.508 e. The Balaban J connectivity index is 2.19. The monoisotopic (exact) mass is 377 g/mol. The molecule has 0 aliphatic rings. The molecule has 0 aromatic heterocycles. The lowest BCUT2D eigenvalue weighted by Crippen LogP contribution is -2.25. The number of phenols is 1.